The van der Waals surface area contributed by atoms with Crippen LogP contribution in [0.5, 0.6) is 0 Å². The fourth-order valence-corrected chi connectivity index (χ4v) is 1.82. The van der Waals surface area contributed by atoms with E-state index in [4.69, 9.17) is 9.59 Å². The van der Waals surface area contributed by atoms with E-state index >= 15 is 0 Å². The molecular formula is C12H17N3O2. The molecule has 0 aliphatic carbocycles. The van der Waals surface area contributed by atoms with Crippen molar-refractivity contribution in [1.29, 1.82) is 0 Å². The van der Waals surface area contributed by atoms with Gasteiger partial charge in [0.25, 0.3) is 0 Å². The molecule has 2 heterocycles. The first-order valence-corrected chi connectivity index (χ1v) is 5.61. The summed E-state index contributed by atoms with van der Waals surface area (Å²) in [6.07, 6.45) is 3.34. The van der Waals surface area contributed by atoms with Gasteiger partial charge in [-0.1, -0.05) is 6.07 Å². The molecule has 1 fully saturated rings. The Morgan fingerprint density at radius 1 is 1.18 bits per heavy atom. The van der Waals surface area contributed by atoms with E-state index in [2.05, 4.69) is 34.0 Å². The lowest BCUT2D eigenvalue weighted by Crippen LogP contribution is -2.29. The van der Waals surface area contributed by atoms with Crippen LogP contribution >= 0.6 is 0 Å². The van der Waals surface area contributed by atoms with Crippen molar-refractivity contribution in [3.05, 3.63) is 24.4 Å². The van der Waals surface area contributed by atoms with Crippen LogP contribution in [-0.2, 0) is 9.59 Å². The fourth-order valence-electron chi connectivity index (χ4n) is 1.82. The summed E-state index contributed by atoms with van der Waals surface area (Å²) in [5, 5.41) is 0. The number of nitrogens with zero attached hydrogens (tertiary/aromatic N) is 3. The summed E-state index contributed by atoms with van der Waals surface area (Å²) in [5.74, 6) is 1.11. The second kappa shape index (κ2) is 7.54. The van der Waals surface area contributed by atoms with Crippen LogP contribution in [0.4, 0.5) is 5.82 Å². The van der Waals surface area contributed by atoms with Gasteiger partial charge in [-0.25, -0.2) is 4.98 Å². The van der Waals surface area contributed by atoms with Gasteiger partial charge in [-0.3, -0.25) is 0 Å². The smallest absolute Gasteiger partial charge is 0.355 e. The Kier molecular flexibility index (Phi) is 5.93. The molecule has 0 saturated carbocycles. The molecule has 0 N–H and O–H groups in total. The van der Waals surface area contributed by atoms with Gasteiger partial charge >= 0.3 is 6.15 Å². The Morgan fingerprint density at radius 3 is 2.59 bits per heavy atom. The van der Waals surface area contributed by atoms with Crippen molar-refractivity contribution < 1.29 is 9.59 Å². The van der Waals surface area contributed by atoms with Crippen molar-refractivity contribution in [1.82, 2.24) is 9.88 Å². The molecule has 1 saturated heterocycles. The predicted octanol–water partition coefficient (Wildman–Crippen LogP) is 0.640. The average molecular weight is 235 g/mol. The average Bonchev–Trinajstić information content (AvgIpc) is 2.56. The van der Waals surface area contributed by atoms with Crippen molar-refractivity contribution in [2.75, 3.05) is 38.1 Å². The summed E-state index contributed by atoms with van der Waals surface area (Å²) in [6, 6.07) is 6.11. The number of anilines is 1. The van der Waals surface area contributed by atoms with E-state index in [0.717, 1.165) is 25.5 Å². The van der Waals surface area contributed by atoms with Crippen LogP contribution in [0.3, 0.4) is 0 Å². The minimum atomic E-state index is 0.250. The third kappa shape index (κ3) is 4.76. The van der Waals surface area contributed by atoms with Gasteiger partial charge in [-0.2, -0.15) is 9.59 Å². The lowest BCUT2D eigenvalue weighted by atomic mass is 10.3. The van der Waals surface area contributed by atoms with Crippen molar-refractivity contribution in [3.63, 3.8) is 0 Å². The molecule has 17 heavy (non-hydrogen) atoms. The number of rotatable bonds is 1. The van der Waals surface area contributed by atoms with E-state index in [0.29, 0.717) is 0 Å². The zero-order valence-electron chi connectivity index (χ0n) is 10.0. The SMILES string of the molecule is CN1CCCN(c2ccccn2)CC1.O=C=O. The summed E-state index contributed by atoms with van der Waals surface area (Å²) in [6.45, 7) is 4.55. The van der Waals surface area contributed by atoms with Gasteiger partial charge in [0.1, 0.15) is 5.82 Å². The maximum Gasteiger partial charge on any atom is 0.373 e. The Labute approximate surface area is 101 Å². The molecular weight excluding hydrogens is 218 g/mol. The zero-order valence-corrected chi connectivity index (χ0v) is 10.0. The second-order valence-corrected chi connectivity index (χ2v) is 3.92. The Balaban J connectivity index is 0.000000437. The maximum absolute atomic E-state index is 8.12. The van der Waals surface area contributed by atoms with E-state index < -0.39 is 0 Å². The van der Waals surface area contributed by atoms with Crippen LogP contribution in [-0.4, -0.2) is 49.3 Å². The highest BCUT2D eigenvalue weighted by molar-refractivity contribution is 5.37. The molecule has 5 heteroatoms. The van der Waals surface area contributed by atoms with Gasteiger partial charge in [0.15, 0.2) is 0 Å². The van der Waals surface area contributed by atoms with E-state index in [1.165, 1.54) is 13.0 Å². The fraction of sp³-hybridized carbons (Fsp3) is 0.500. The van der Waals surface area contributed by atoms with E-state index in [1.807, 2.05) is 12.3 Å². The lowest BCUT2D eigenvalue weighted by molar-refractivity contribution is -0.191. The van der Waals surface area contributed by atoms with Gasteiger partial charge in [0.05, 0.1) is 0 Å². The Bertz CT molecular complexity index is 350. The molecule has 5 nitrogen and oxygen atoms in total. The first-order valence-electron chi connectivity index (χ1n) is 5.61. The number of pyridine rings is 1. The van der Waals surface area contributed by atoms with Crippen LogP contribution in [0.2, 0.25) is 0 Å². The van der Waals surface area contributed by atoms with Crippen LogP contribution in [0.15, 0.2) is 24.4 Å². The van der Waals surface area contributed by atoms with Gasteiger partial charge in [0.2, 0.25) is 0 Å². The molecule has 1 aromatic heterocycles. The molecule has 0 aromatic carbocycles. The third-order valence-electron chi connectivity index (χ3n) is 2.69. The lowest BCUT2D eigenvalue weighted by Gasteiger charge is -2.21. The maximum atomic E-state index is 8.12. The molecule has 1 aliphatic rings. The molecule has 1 aliphatic heterocycles. The summed E-state index contributed by atoms with van der Waals surface area (Å²) in [7, 11) is 2.18. The molecule has 0 amide bonds. The largest absolute Gasteiger partial charge is 0.373 e. The number of likely N-dealkylation sites (N-methyl/N-ethyl adjacent to an activating group) is 1. The molecule has 0 atom stereocenters. The molecule has 92 valence electrons. The van der Waals surface area contributed by atoms with Crippen molar-refractivity contribution in [3.8, 4) is 0 Å². The van der Waals surface area contributed by atoms with Gasteiger partial charge < -0.3 is 9.80 Å². The summed E-state index contributed by atoms with van der Waals surface area (Å²) in [4.78, 5) is 25.4. The van der Waals surface area contributed by atoms with Crippen LogP contribution in [0.25, 0.3) is 0 Å². The predicted molar refractivity (Wildman–Crippen MR) is 63.6 cm³/mol. The van der Waals surface area contributed by atoms with Gasteiger partial charge in [0, 0.05) is 25.8 Å². The normalized spacial score (nSPS) is 16.4. The summed E-state index contributed by atoms with van der Waals surface area (Å²) < 4.78 is 0. The first-order chi connectivity index (χ1) is 8.27. The molecule has 0 spiro atoms. The summed E-state index contributed by atoms with van der Waals surface area (Å²) in [5.41, 5.74) is 0. The van der Waals surface area contributed by atoms with E-state index in [1.54, 1.807) is 0 Å². The monoisotopic (exact) mass is 235 g/mol. The minimum absolute atomic E-state index is 0.250. The van der Waals surface area contributed by atoms with Crippen LogP contribution < -0.4 is 4.90 Å². The van der Waals surface area contributed by atoms with E-state index in [-0.39, 0.29) is 6.15 Å². The molecule has 2 rings (SSSR count). The number of hydrogen-bond acceptors (Lipinski definition) is 5. The molecule has 0 radical (unpaired) electrons. The van der Waals surface area contributed by atoms with Gasteiger partial charge in [-0.15, -0.1) is 0 Å². The summed E-state index contributed by atoms with van der Waals surface area (Å²) >= 11 is 0. The zero-order chi connectivity index (χ0) is 12.5. The Hall–Kier alpha value is -1.71. The minimum Gasteiger partial charge on any atom is -0.355 e. The highest BCUT2D eigenvalue weighted by Crippen LogP contribution is 2.11. The first kappa shape index (κ1) is 13.4. The molecule has 0 unspecified atom stereocenters. The number of aromatic nitrogens is 1. The Morgan fingerprint density at radius 2 is 1.94 bits per heavy atom. The van der Waals surface area contributed by atoms with Crippen molar-refractivity contribution in [2.45, 2.75) is 6.42 Å². The van der Waals surface area contributed by atoms with Crippen LogP contribution in [0, 0.1) is 0 Å². The van der Waals surface area contributed by atoms with Crippen LogP contribution in [0.1, 0.15) is 6.42 Å². The highest BCUT2D eigenvalue weighted by atomic mass is 16.2. The quantitative estimate of drug-likeness (QED) is 0.715. The third-order valence-corrected chi connectivity index (χ3v) is 2.69. The highest BCUT2D eigenvalue weighted by Gasteiger charge is 2.12. The number of carbonyl (C=O) groups excluding carboxylic acids is 2. The molecule has 1 aromatic rings. The number of hydrogen-bond donors (Lipinski definition) is 0. The molecule has 0 bridgehead atoms. The van der Waals surface area contributed by atoms with Crippen molar-refractivity contribution >= 4 is 12.0 Å². The topological polar surface area (TPSA) is 53.5 Å². The second-order valence-electron chi connectivity index (χ2n) is 3.92. The van der Waals surface area contributed by atoms with Gasteiger partial charge in [-0.05, 0) is 32.1 Å². The standard InChI is InChI=1S/C11H17N3.CO2/c1-13-7-4-8-14(10-9-13)11-5-2-3-6-12-11;2-1-3/h2-3,5-6H,4,7-10H2,1H3;. The van der Waals surface area contributed by atoms with E-state index in [9.17, 15) is 0 Å². The van der Waals surface area contributed by atoms with Crippen molar-refractivity contribution in [2.24, 2.45) is 0 Å².